The van der Waals surface area contributed by atoms with Gasteiger partial charge in [-0.1, -0.05) is 18.6 Å². The predicted octanol–water partition coefficient (Wildman–Crippen LogP) is 3.00. The number of rotatable bonds is 10. The Hall–Kier alpha value is -2.63. The number of nitrogens with zero attached hydrogens (tertiary/aromatic N) is 2. The summed E-state index contributed by atoms with van der Waals surface area (Å²) < 4.78 is 5.26. The van der Waals surface area contributed by atoms with Crippen molar-refractivity contribution in [3.63, 3.8) is 0 Å². The van der Waals surface area contributed by atoms with E-state index in [9.17, 15) is 4.79 Å². The maximum atomic E-state index is 10.7. The molecule has 0 aliphatic carbocycles. The van der Waals surface area contributed by atoms with Gasteiger partial charge in [0.25, 0.3) is 0 Å². The van der Waals surface area contributed by atoms with Gasteiger partial charge in [0, 0.05) is 36.6 Å². The van der Waals surface area contributed by atoms with Gasteiger partial charge >= 0.3 is 6.01 Å². The van der Waals surface area contributed by atoms with Gasteiger partial charge in [0.15, 0.2) is 0 Å². The van der Waals surface area contributed by atoms with Crippen LogP contribution in [0.1, 0.15) is 32.6 Å². The minimum atomic E-state index is -0.228. The Morgan fingerprint density at radius 1 is 1.17 bits per heavy atom. The second-order valence-corrected chi connectivity index (χ2v) is 5.47. The van der Waals surface area contributed by atoms with Crippen molar-refractivity contribution < 1.29 is 9.53 Å². The summed E-state index contributed by atoms with van der Waals surface area (Å²) in [5.74, 6) is -0.228. The van der Waals surface area contributed by atoms with Crippen molar-refractivity contribution in [3.8, 4) is 17.1 Å². The first-order valence-electron chi connectivity index (χ1n) is 8.26. The van der Waals surface area contributed by atoms with Crippen molar-refractivity contribution in [1.29, 1.82) is 0 Å². The number of anilines is 1. The molecule has 1 amide bonds. The zero-order chi connectivity index (χ0) is 17.2. The van der Waals surface area contributed by atoms with Gasteiger partial charge in [-0.25, -0.2) is 9.97 Å². The molecule has 0 saturated heterocycles. The van der Waals surface area contributed by atoms with E-state index in [1.165, 1.54) is 0 Å². The standard InChI is InChI=1S/C18H24N4O2/c1-2-24-18-21-12-15(13-22-18)14-7-6-8-16(11-14)20-10-5-3-4-9-17(19)23/h6-8,11-13,20H,2-5,9-10H2,1H3,(H2,19,23). The normalized spacial score (nSPS) is 10.4. The first-order chi connectivity index (χ1) is 11.7. The van der Waals surface area contributed by atoms with E-state index in [4.69, 9.17) is 10.5 Å². The molecule has 0 aliphatic heterocycles. The van der Waals surface area contributed by atoms with Gasteiger partial charge in [0.2, 0.25) is 5.91 Å². The zero-order valence-electron chi connectivity index (χ0n) is 14.0. The van der Waals surface area contributed by atoms with Crippen LogP contribution in [0.5, 0.6) is 6.01 Å². The summed E-state index contributed by atoms with van der Waals surface area (Å²) in [6, 6.07) is 8.52. The van der Waals surface area contributed by atoms with E-state index in [0.29, 0.717) is 19.0 Å². The summed E-state index contributed by atoms with van der Waals surface area (Å²) >= 11 is 0. The molecule has 2 aromatic rings. The monoisotopic (exact) mass is 328 g/mol. The third kappa shape index (κ3) is 5.87. The quantitative estimate of drug-likeness (QED) is 0.654. The fraction of sp³-hybridized carbons (Fsp3) is 0.389. The van der Waals surface area contributed by atoms with E-state index in [1.54, 1.807) is 12.4 Å². The second-order valence-electron chi connectivity index (χ2n) is 5.47. The summed E-state index contributed by atoms with van der Waals surface area (Å²) in [5.41, 5.74) is 8.18. The highest BCUT2D eigenvalue weighted by Crippen LogP contribution is 2.22. The Kier molecular flexibility index (Phi) is 7.01. The van der Waals surface area contributed by atoms with Gasteiger partial charge in [0.05, 0.1) is 6.61 Å². The molecule has 1 aromatic carbocycles. The van der Waals surface area contributed by atoms with Crippen LogP contribution in [0.3, 0.4) is 0 Å². The number of carbonyl (C=O) groups is 1. The number of unbranched alkanes of at least 4 members (excludes halogenated alkanes) is 2. The predicted molar refractivity (Wildman–Crippen MR) is 94.8 cm³/mol. The van der Waals surface area contributed by atoms with Gasteiger partial charge in [0.1, 0.15) is 0 Å². The van der Waals surface area contributed by atoms with Crippen LogP contribution in [0.2, 0.25) is 0 Å². The number of hydrogen-bond acceptors (Lipinski definition) is 5. The molecule has 3 N–H and O–H groups in total. The number of nitrogens with one attached hydrogen (secondary N) is 1. The summed E-state index contributed by atoms with van der Waals surface area (Å²) in [6.07, 6.45) is 6.84. The SMILES string of the molecule is CCOc1ncc(-c2cccc(NCCCCCC(N)=O)c2)cn1. The van der Waals surface area contributed by atoms with E-state index in [-0.39, 0.29) is 5.91 Å². The fourth-order valence-corrected chi connectivity index (χ4v) is 2.31. The zero-order valence-corrected chi connectivity index (χ0v) is 14.0. The number of nitrogens with two attached hydrogens (primary N) is 1. The number of primary amides is 1. The smallest absolute Gasteiger partial charge is 0.316 e. The van der Waals surface area contributed by atoms with Crippen molar-refractivity contribution in [2.45, 2.75) is 32.6 Å². The summed E-state index contributed by atoms with van der Waals surface area (Å²) in [7, 11) is 0. The third-order valence-corrected chi connectivity index (χ3v) is 3.53. The molecular weight excluding hydrogens is 304 g/mol. The van der Waals surface area contributed by atoms with Crippen LogP contribution in [0.4, 0.5) is 5.69 Å². The number of aromatic nitrogens is 2. The van der Waals surface area contributed by atoms with Crippen molar-refractivity contribution in [2.24, 2.45) is 5.73 Å². The van der Waals surface area contributed by atoms with Crippen LogP contribution < -0.4 is 15.8 Å². The highest BCUT2D eigenvalue weighted by atomic mass is 16.5. The Morgan fingerprint density at radius 3 is 2.67 bits per heavy atom. The van der Waals surface area contributed by atoms with Gasteiger partial charge in [-0.3, -0.25) is 4.79 Å². The molecule has 2 rings (SSSR count). The van der Waals surface area contributed by atoms with E-state index >= 15 is 0 Å². The topological polar surface area (TPSA) is 90.1 Å². The molecule has 0 atom stereocenters. The first kappa shape index (κ1) is 17.7. The van der Waals surface area contributed by atoms with Crippen LogP contribution >= 0.6 is 0 Å². The minimum absolute atomic E-state index is 0.228. The van der Waals surface area contributed by atoms with E-state index in [1.807, 2.05) is 25.1 Å². The molecule has 1 aromatic heterocycles. The number of benzene rings is 1. The second kappa shape index (κ2) is 9.50. The summed E-state index contributed by atoms with van der Waals surface area (Å²) in [4.78, 5) is 19.1. The molecule has 0 fully saturated rings. The third-order valence-electron chi connectivity index (χ3n) is 3.53. The summed E-state index contributed by atoms with van der Waals surface area (Å²) in [5, 5.41) is 3.39. The number of amides is 1. The lowest BCUT2D eigenvalue weighted by atomic mass is 10.1. The molecule has 0 bridgehead atoms. The van der Waals surface area contributed by atoms with Crippen LogP contribution in [-0.2, 0) is 4.79 Å². The molecule has 6 nitrogen and oxygen atoms in total. The number of carbonyl (C=O) groups excluding carboxylic acids is 1. The van der Waals surface area contributed by atoms with Crippen molar-refractivity contribution in [2.75, 3.05) is 18.5 Å². The van der Waals surface area contributed by atoms with Crippen molar-refractivity contribution in [3.05, 3.63) is 36.7 Å². The maximum Gasteiger partial charge on any atom is 0.316 e. The maximum absolute atomic E-state index is 10.7. The Morgan fingerprint density at radius 2 is 1.96 bits per heavy atom. The Balaban J connectivity index is 1.85. The lowest BCUT2D eigenvalue weighted by Gasteiger charge is -2.09. The van der Waals surface area contributed by atoms with Gasteiger partial charge in [-0.2, -0.15) is 0 Å². The molecule has 0 radical (unpaired) electrons. The van der Waals surface area contributed by atoms with Crippen LogP contribution in [-0.4, -0.2) is 29.0 Å². The Labute approximate surface area is 142 Å². The first-order valence-corrected chi connectivity index (χ1v) is 8.26. The number of ether oxygens (including phenoxy) is 1. The molecule has 0 spiro atoms. The lowest BCUT2D eigenvalue weighted by molar-refractivity contribution is -0.118. The van der Waals surface area contributed by atoms with E-state index in [0.717, 1.165) is 42.6 Å². The average Bonchev–Trinajstić information content (AvgIpc) is 2.59. The summed E-state index contributed by atoms with van der Waals surface area (Å²) in [6.45, 7) is 3.32. The van der Waals surface area contributed by atoms with Crippen LogP contribution in [0.25, 0.3) is 11.1 Å². The van der Waals surface area contributed by atoms with Gasteiger partial charge in [-0.15, -0.1) is 0 Å². The molecular formula is C18H24N4O2. The molecule has 0 saturated carbocycles. The molecule has 6 heteroatoms. The van der Waals surface area contributed by atoms with E-state index < -0.39 is 0 Å². The van der Waals surface area contributed by atoms with Crippen molar-refractivity contribution >= 4 is 11.6 Å². The molecule has 0 aliphatic rings. The van der Waals surface area contributed by atoms with E-state index in [2.05, 4.69) is 21.4 Å². The molecule has 0 unspecified atom stereocenters. The number of hydrogen-bond donors (Lipinski definition) is 2. The van der Waals surface area contributed by atoms with Gasteiger partial charge < -0.3 is 15.8 Å². The highest BCUT2D eigenvalue weighted by Gasteiger charge is 2.02. The Bertz CT molecular complexity index is 644. The molecule has 128 valence electrons. The molecule has 24 heavy (non-hydrogen) atoms. The van der Waals surface area contributed by atoms with Gasteiger partial charge in [-0.05, 0) is 37.5 Å². The van der Waals surface area contributed by atoms with Crippen molar-refractivity contribution in [1.82, 2.24) is 9.97 Å². The lowest BCUT2D eigenvalue weighted by Crippen LogP contribution is -2.10. The van der Waals surface area contributed by atoms with Crippen LogP contribution in [0.15, 0.2) is 36.7 Å². The van der Waals surface area contributed by atoms with Crippen LogP contribution in [0, 0.1) is 0 Å². The largest absolute Gasteiger partial charge is 0.464 e. The highest BCUT2D eigenvalue weighted by molar-refractivity contribution is 5.73. The molecule has 1 heterocycles. The fourth-order valence-electron chi connectivity index (χ4n) is 2.31. The minimum Gasteiger partial charge on any atom is -0.464 e. The average molecular weight is 328 g/mol.